The Bertz CT molecular complexity index is 501. The van der Waals surface area contributed by atoms with E-state index in [-0.39, 0.29) is 35.6 Å². The van der Waals surface area contributed by atoms with E-state index in [2.05, 4.69) is 23.3 Å². The number of carboxylic acids is 1. The first-order valence-electron chi connectivity index (χ1n) is 10.3. The highest BCUT2D eigenvalue weighted by Crippen LogP contribution is 2.28. The Morgan fingerprint density at radius 2 is 1.70 bits per heavy atom. The van der Waals surface area contributed by atoms with Gasteiger partial charge in [0.05, 0.1) is 12.0 Å². The van der Waals surface area contributed by atoms with E-state index in [1.165, 1.54) is 0 Å². The van der Waals surface area contributed by atoms with Gasteiger partial charge in [0, 0.05) is 18.4 Å². The first-order valence-corrected chi connectivity index (χ1v) is 10.3. The van der Waals surface area contributed by atoms with Crippen LogP contribution < -0.4 is 21.5 Å². The number of carbonyl (C=O) groups excluding carboxylic acids is 3. The first kappa shape index (κ1) is 23.4. The molecule has 7 heteroatoms. The molecule has 0 aromatic heterocycles. The average Bonchev–Trinajstić information content (AvgIpc) is 2.64. The van der Waals surface area contributed by atoms with Crippen molar-refractivity contribution in [2.45, 2.75) is 78.3 Å². The minimum atomic E-state index is -1.22. The van der Waals surface area contributed by atoms with Gasteiger partial charge in [-0.2, -0.15) is 0 Å². The van der Waals surface area contributed by atoms with Gasteiger partial charge in [0.1, 0.15) is 0 Å². The standard InChI is InChI=1S/C20H37N3O4/c1-5-13(4)17(21)19(25)22-11-14-6-8-15(9-7-14)18(24)23-16(20(26)27)10-12(2)3/h12-17H,5-11,21H2,1-4H3,(H,22,25)(H,23,24)(H,26,27)/t13-,14?,15?,16-,17+/m1/s1. The van der Waals surface area contributed by atoms with Crippen molar-refractivity contribution in [1.82, 2.24) is 10.6 Å². The molecular formula is C20H37N3O4. The monoisotopic (exact) mass is 383 g/mol. The number of hydrogen-bond donors (Lipinski definition) is 3. The maximum absolute atomic E-state index is 12.4. The van der Waals surface area contributed by atoms with Crippen molar-refractivity contribution in [3.63, 3.8) is 0 Å². The fourth-order valence-corrected chi connectivity index (χ4v) is 3.52. The number of aliphatic carboxylic acids is 1. The van der Waals surface area contributed by atoms with E-state index in [4.69, 9.17) is 0 Å². The molecule has 0 spiro atoms. The third-order valence-electron chi connectivity index (χ3n) is 5.76. The van der Waals surface area contributed by atoms with Gasteiger partial charge < -0.3 is 26.3 Å². The summed E-state index contributed by atoms with van der Waals surface area (Å²) < 4.78 is 0. The van der Waals surface area contributed by atoms with Crippen LogP contribution in [0.5, 0.6) is 0 Å². The van der Waals surface area contributed by atoms with Gasteiger partial charge >= 0.3 is 0 Å². The molecule has 3 atom stereocenters. The van der Waals surface area contributed by atoms with Crippen LogP contribution >= 0.6 is 0 Å². The van der Waals surface area contributed by atoms with Crippen LogP contribution in [0.15, 0.2) is 0 Å². The van der Waals surface area contributed by atoms with Crippen LogP contribution in [-0.4, -0.2) is 36.4 Å². The maximum Gasteiger partial charge on any atom is 0.278 e. The molecule has 0 bridgehead atoms. The molecule has 1 rings (SSSR count). The third kappa shape index (κ3) is 7.87. The normalized spacial score (nSPS) is 23.3. The van der Waals surface area contributed by atoms with Crippen LogP contribution in [0.4, 0.5) is 0 Å². The summed E-state index contributed by atoms with van der Waals surface area (Å²) in [6, 6.07) is -1.16. The van der Waals surface area contributed by atoms with Gasteiger partial charge in [-0.3, -0.25) is 9.59 Å². The molecule has 0 aromatic rings. The molecule has 27 heavy (non-hydrogen) atoms. The lowest BCUT2D eigenvalue weighted by Gasteiger charge is -2.30. The summed E-state index contributed by atoms with van der Waals surface area (Å²) in [6.45, 7) is 8.53. The summed E-state index contributed by atoms with van der Waals surface area (Å²) in [5.74, 6) is -0.803. The van der Waals surface area contributed by atoms with E-state index in [0.717, 1.165) is 19.3 Å². The zero-order valence-electron chi connectivity index (χ0n) is 17.3. The third-order valence-corrected chi connectivity index (χ3v) is 5.76. The summed E-state index contributed by atoms with van der Waals surface area (Å²) >= 11 is 0. The highest BCUT2D eigenvalue weighted by Gasteiger charge is 2.29. The minimum absolute atomic E-state index is 0.00491. The predicted molar refractivity (Wildman–Crippen MR) is 101 cm³/mol. The van der Waals surface area contributed by atoms with E-state index < -0.39 is 12.0 Å². The van der Waals surface area contributed by atoms with Gasteiger partial charge in [-0.25, -0.2) is 0 Å². The largest absolute Gasteiger partial charge is 0.548 e. The van der Waals surface area contributed by atoms with Gasteiger partial charge in [-0.1, -0.05) is 27.7 Å². The molecule has 0 heterocycles. The van der Waals surface area contributed by atoms with E-state index in [1.807, 2.05) is 20.8 Å². The highest BCUT2D eigenvalue weighted by atomic mass is 16.4. The number of rotatable bonds is 10. The first-order chi connectivity index (χ1) is 12.6. The van der Waals surface area contributed by atoms with Crippen LogP contribution in [0.25, 0.3) is 0 Å². The number of carboxylic acid groups (broad SMARTS) is 1. The van der Waals surface area contributed by atoms with Crippen molar-refractivity contribution in [3.05, 3.63) is 0 Å². The predicted octanol–water partition coefficient (Wildman–Crippen LogP) is -0.154. The molecule has 7 nitrogen and oxygen atoms in total. The second-order valence-electron chi connectivity index (χ2n) is 8.46. The zero-order chi connectivity index (χ0) is 20.6. The Morgan fingerprint density at radius 3 is 2.19 bits per heavy atom. The summed E-state index contributed by atoms with van der Waals surface area (Å²) in [7, 11) is 0. The van der Waals surface area contributed by atoms with Gasteiger partial charge in [-0.05, 0) is 50.4 Å². The van der Waals surface area contributed by atoms with Gasteiger partial charge in [-0.15, -0.1) is 0 Å². The van der Waals surface area contributed by atoms with Crippen molar-refractivity contribution in [3.8, 4) is 0 Å². The molecule has 0 radical (unpaired) electrons. The Balaban J connectivity index is 2.39. The van der Waals surface area contributed by atoms with E-state index >= 15 is 0 Å². The van der Waals surface area contributed by atoms with Crippen molar-refractivity contribution >= 4 is 17.8 Å². The topological polar surface area (TPSA) is 126 Å². The lowest BCUT2D eigenvalue weighted by molar-refractivity contribution is -0.415. The zero-order valence-corrected chi connectivity index (χ0v) is 17.3. The van der Waals surface area contributed by atoms with Crippen LogP contribution in [0.3, 0.4) is 0 Å². The second kappa shape index (κ2) is 11.3. The van der Waals surface area contributed by atoms with E-state index in [9.17, 15) is 19.5 Å². The number of amides is 2. The van der Waals surface area contributed by atoms with Gasteiger partial charge in [0.2, 0.25) is 5.91 Å². The van der Waals surface area contributed by atoms with Gasteiger partial charge in [0.25, 0.3) is 5.91 Å². The molecule has 1 fully saturated rings. The minimum Gasteiger partial charge on any atom is -0.548 e. The highest BCUT2D eigenvalue weighted by molar-refractivity contribution is 5.84. The summed E-state index contributed by atoms with van der Waals surface area (Å²) in [4.78, 5) is 35.7. The number of carbonyl (C=O) groups is 3. The average molecular weight is 384 g/mol. The lowest BCUT2D eigenvalue weighted by Crippen LogP contribution is -2.70. The second-order valence-corrected chi connectivity index (χ2v) is 8.46. The number of quaternary nitrogens is 1. The van der Waals surface area contributed by atoms with Crippen LogP contribution in [0.2, 0.25) is 0 Å². The summed E-state index contributed by atoms with van der Waals surface area (Å²) in [5.41, 5.74) is 3.95. The fraction of sp³-hybridized carbons (Fsp3) is 0.850. The van der Waals surface area contributed by atoms with E-state index in [1.54, 1.807) is 0 Å². The van der Waals surface area contributed by atoms with Gasteiger partial charge in [0.15, 0.2) is 6.04 Å². The molecule has 156 valence electrons. The number of hydrogen-bond acceptors (Lipinski definition) is 4. The molecule has 0 saturated heterocycles. The molecule has 0 aromatic carbocycles. The van der Waals surface area contributed by atoms with Crippen molar-refractivity contribution in [2.75, 3.05) is 6.54 Å². The quantitative estimate of drug-likeness (QED) is 0.485. The molecule has 1 aliphatic rings. The van der Waals surface area contributed by atoms with Crippen molar-refractivity contribution in [1.29, 1.82) is 0 Å². The van der Waals surface area contributed by atoms with Crippen LogP contribution in [-0.2, 0) is 14.4 Å². The molecule has 1 saturated carbocycles. The Kier molecular flexibility index (Phi) is 9.77. The summed E-state index contributed by atoms with van der Waals surface area (Å²) in [5, 5.41) is 16.8. The molecule has 1 aliphatic carbocycles. The fourth-order valence-electron chi connectivity index (χ4n) is 3.52. The Morgan fingerprint density at radius 1 is 1.11 bits per heavy atom. The smallest absolute Gasteiger partial charge is 0.278 e. The van der Waals surface area contributed by atoms with E-state index in [0.29, 0.717) is 31.7 Å². The molecule has 0 unspecified atom stereocenters. The molecule has 0 aliphatic heterocycles. The van der Waals surface area contributed by atoms with Crippen molar-refractivity contribution < 1.29 is 25.2 Å². The summed E-state index contributed by atoms with van der Waals surface area (Å²) in [6.07, 6.45) is 4.43. The molecular weight excluding hydrogens is 346 g/mol. The Hall–Kier alpha value is -1.63. The molecule has 5 N–H and O–H groups in total. The molecule has 2 amide bonds. The maximum atomic E-state index is 12.4. The van der Waals surface area contributed by atoms with Crippen molar-refractivity contribution in [2.24, 2.45) is 23.7 Å². The Labute approximate surface area is 162 Å². The van der Waals surface area contributed by atoms with Crippen LogP contribution in [0.1, 0.15) is 66.2 Å². The lowest BCUT2D eigenvalue weighted by atomic mass is 9.81. The number of nitrogens with one attached hydrogen (secondary N) is 2. The van der Waals surface area contributed by atoms with Crippen LogP contribution in [0, 0.1) is 23.7 Å². The SMILES string of the molecule is CC[C@@H](C)[C@H]([NH3+])C(=O)NCC1CCC(C(=O)N[C@H](CC(C)C)C(=O)[O-])CC1.